The smallest absolute Gasteiger partial charge is 0.338 e. The number of nitriles is 1. The minimum atomic E-state index is -1.66. The van der Waals surface area contributed by atoms with Crippen LogP contribution in [0.15, 0.2) is 12.1 Å². The van der Waals surface area contributed by atoms with Gasteiger partial charge in [-0.3, -0.25) is 0 Å². The molecule has 11 nitrogen and oxygen atoms in total. The van der Waals surface area contributed by atoms with E-state index in [9.17, 15) is 35.4 Å². The summed E-state index contributed by atoms with van der Waals surface area (Å²) in [6, 6.07) is 3.70. The lowest BCUT2D eigenvalue weighted by Gasteiger charge is -2.41. The average molecular weight is 413 g/mol. The van der Waals surface area contributed by atoms with E-state index >= 15 is 0 Å². The molecule has 0 spiro atoms. The van der Waals surface area contributed by atoms with Crippen molar-refractivity contribution in [3.63, 3.8) is 0 Å². The number of aromatic hydroxyl groups is 3. The van der Waals surface area contributed by atoms with Gasteiger partial charge < -0.3 is 44.8 Å². The van der Waals surface area contributed by atoms with Gasteiger partial charge in [-0.1, -0.05) is 0 Å². The molecule has 6 N–H and O–H groups in total. The molecule has 1 aliphatic rings. The lowest BCUT2D eigenvalue weighted by Crippen LogP contribution is -2.60. The Kier molecular flexibility index (Phi) is 7.23. The van der Waals surface area contributed by atoms with Gasteiger partial charge in [-0.2, -0.15) is 5.26 Å². The Labute approximate surface area is 165 Å². The normalized spacial score (nSPS) is 28.9. The van der Waals surface area contributed by atoms with Crippen LogP contribution in [-0.2, 0) is 14.2 Å². The third-order valence-corrected chi connectivity index (χ3v) is 4.61. The van der Waals surface area contributed by atoms with E-state index in [2.05, 4.69) is 0 Å². The summed E-state index contributed by atoms with van der Waals surface area (Å²) >= 11 is 0. The van der Waals surface area contributed by atoms with Crippen molar-refractivity contribution in [1.29, 1.82) is 5.26 Å². The summed E-state index contributed by atoms with van der Waals surface area (Å²) in [5, 5.41) is 67.3. The number of rotatable bonds is 6. The second-order valence-electron chi connectivity index (χ2n) is 6.74. The molecule has 1 heterocycles. The van der Waals surface area contributed by atoms with E-state index in [0.29, 0.717) is 0 Å². The largest absolute Gasteiger partial charge is 0.504 e. The molecule has 0 amide bonds. The standard InChI is InChI=1S/C18H23NO10/c1-7(5-19)8(2)28-18-16(25)15(24)14(23)12(29-18)6-27-17(26)9-3-10(20)13(22)11(21)4-9/h3-4,7-8,12,14-16,18,20-25H,6H2,1-2H3/t7?,8?,12-,14-,15+,16-,18-/m1/s1. The fourth-order valence-electron chi connectivity index (χ4n) is 2.56. The number of aliphatic hydroxyl groups is 3. The number of carbonyl (C=O) groups is 1. The van der Waals surface area contributed by atoms with Crippen LogP contribution < -0.4 is 0 Å². The van der Waals surface area contributed by atoms with Crippen LogP contribution in [0.3, 0.4) is 0 Å². The fraction of sp³-hybridized carbons (Fsp3) is 0.556. The number of aliphatic hydroxyl groups excluding tert-OH is 3. The van der Waals surface area contributed by atoms with Crippen LogP contribution in [0.25, 0.3) is 0 Å². The quantitative estimate of drug-likeness (QED) is 0.256. The van der Waals surface area contributed by atoms with Gasteiger partial charge in [0, 0.05) is 0 Å². The molecule has 1 aliphatic heterocycles. The molecule has 2 rings (SSSR count). The van der Waals surface area contributed by atoms with Crippen LogP contribution in [0.4, 0.5) is 0 Å². The minimum Gasteiger partial charge on any atom is -0.504 e. The first kappa shape index (κ1) is 22.7. The summed E-state index contributed by atoms with van der Waals surface area (Å²) in [4.78, 5) is 12.1. The van der Waals surface area contributed by atoms with Gasteiger partial charge >= 0.3 is 5.97 Å². The lowest BCUT2D eigenvalue weighted by molar-refractivity contribution is -0.311. The third-order valence-electron chi connectivity index (χ3n) is 4.61. The third kappa shape index (κ3) is 5.06. The number of phenolic OH excluding ortho intramolecular Hbond substituents is 3. The van der Waals surface area contributed by atoms with E-state index in [0.717, 1.165) is 12.1 Å². The molecule has 2 unspecified atom stereocenters. The number of carbonyl (C=O) groups excluding carboxylic acids is 1. The molecular formula is C18H23NO10. The predicted molar refractivity (Wildman–Crippen MR) is 93.7 cm³/mol. The molecular weight excluding hydrogens is 390 g/mol. The molecule has 1 aromatic carbocycles. The zero-order valence-corrected chi connectivity index (χ0v) is 15.7. The number of benzene rings is 1. The van der Waals surface area contributed by atoms with E-state index in [1.165, 1.54) is 0 Å². The molecule has 160 valence electrons. The van der Waals surface area contributed by atoms with Gasteiger partial charge in [0.1, 0.15) is 31.0 Å². The van der Waals surface area contributed by atoms with Gasteiger partial charge in [0.25, 0.3) is 0 Å². The van der Waals surface area contributed by atoms with Gasteiger partial charge in [0.05, 0.1) is 23.7 Å². The first-order chi connectivity index (χ1) is 13.6. The number of esters is 1. The minimum absolute atomic E-state index is 0.284. The number of hydrogen-bond donors (Lipinski definition) is 6. The highest BCUT2D eigenvalue weighted by Crippen LogP contribution is 2.35. The molecule has 0 radical (unpaired) electrons. The Morgan fingerprint density at radius 1 is 1.14 bits per heavy atom. The van der Waals surface area contributed by atoms with Crippen LogP contribution in [0.5, 0.6) is 17.2 Å². The van der Waals surface area contributed by atoms with Crippen LogP contribution in [0.2, 0.25) is 0 Å². The number of hydrogen-bond acceptors (Lipinski definition) is 11. The van der Waals surface area contributed by atoms with Crippen molar-refractivity contribution in [3.8, 4) is 23.3 Å². The molecule has 0 aromatic heterocycles. The summed E-state index contributed by atoms with van der Waals surface area (Å²) in [7, 11) is 0. The van der Waals surface area contributed by atoms with Gasteiger partial charge in [0.2, 0.25) is 0 Å². The highest BCUT2D eigenvalue weighted by molar-refractivity contribution is 5.91. The van der Waals surface area contributed by atoms with Crippen molar-refractivity contribution in [3.05, 3.63) is 17.7 Å². The molecule has 0 bridgehead atoms. The van der Waals surface area contributed by atoms with Crippen LogP contribution in [0, 0.1) is 17.2 Å². The first-order valence-electron chi connectivity index (χ1n) is 8.73. The average Bonchev–Trinajstić information content (AvgIpc) is 2.69. The van der Waals surface area contributed by atoms with Crippen LogP contribution in [-0.4, -0.2) is 80.0 Å². The van der Waals surface area contributed by atoms with E-state index in [1.807, 2.05) is 6.07 Å². The summed E-state index contributed by atoms with van der Waals surface area (Å²) in [6.45, 7) is 2.60. The van der Waals surface area contributed by atoms with Crippen LogP contribution in [0.1, 0.15) is 24.2 Å². The maximum Gasteiger partial charge on any atom is 0.338 e. The summed E-state index contributed by atoms with van der Waals surface area (Å²) < 4.78 is 15.8. The van der Waals surface area contributed by atoms with E-state index in [-0.39, 0.29) is 5.56 Å². The van der Waals surface area contributed by atoms with Gasteiger partial charge in [0.15, 0.2) is 23.5 Å². The molecule has 1 aromatic rings. The molecule has 11 heteroatoms. The van der Waals surface area contributed by atoms with Crippen molar-refractivity contribution in [2.75, 3.05) is 6.61 Å². The van der Waals surface area contributed by atoms with Crippen LogP contribution >= 0.6 is 0 Å². The second kappa shape index (κ2) is 9.25. The number of nitrogens with zero attached hydrogens (tertiary/aromatic N) is 1. The Balaban J connectivity index is 2.05. The predicted octanol–water partition coefficient (Wildman–Crippen LogP) is -0.667. The molecule has 0 aliphatic carbocycles. The maximum absolute atomic E-state index is 12.1. The van der Waals surface area contributed by atoms with E-state index in [4.69, 9.17) is 19.5 Å². The molecule has 0 saturated carbocycles. The second-order valence-corrected chi connectivity index (χ2v) is 6.74. The van der Waals surface area contributed by atoms with Gasteiger partial charge in [-0.15, -0.1) is 0 Å². The number of phenols is 3. The Hall–Kier alpha value is -2.62. The lowest BCUT2D eigenvalue weighted by atomic mass is 9.99. The van der Waals surface area contributed by atoms with E-state index < -0.39 is 72.6 Å². The molecule has 1 saturated heterocycles. The fourth-order valence-corrected chi connectivity index (χ4v) is 2.56. The molecule has 1 fully saturated rings. The summed E-state index contributed by atoms with van der Waals surface area (Å²) in [5.41, 5.74) is -0.284. The SMILES string of the molecule is CC(C#N)C(C)O[C@@H]1O[C@H](COC(=O)c2cc(O)c(O)c(O)c2)[C@@H](O)[C@H](O)[C@H]1O. The van der Waals surface area contributed by atoms with Gasteiger partial charge in [-0.25, -0.2) is 4.79 Å². The zero-order valence-electron chi connectivity index (χ0n) is 15.7. The van der Waals surface area contributed by atoms with Crippen molar-refractivity contribution in [2.24, 2.45) is 5.92 Å². The summed E-state index contributed by atoms with van der Waals surface area (Å²) in [6.07, 6.45) is -8.19. The first-order valence-corrected chi connectivity index (χ1v) is 8.73. The molecule has 7 atom stereocenters. The summed E-state index contributed by atoms with van der Waals surface area (Å²) in [5.74, 6) is -3.83. The Morgan fingerprint density at radius 2 is 1.72 bits per heavy atom. The zero-order chi connectivity index (χ0) is 21.9. The van der Waals surface area contributed by atoms with Crippen molar-refractivity contribution >= 4 is 5.97 Å². The highest BCUT2D eigenvalue weighted by atomic mass is 16.7. The Morgan fingerprint density at radius 3 is 2.28 bits per heavy atom. The Bertz CT molecular complexity index is 755. The van der Waals surface area contributed by atoms with Crippen molar-refractivity contribution < 1.29 is 49.6 Å². The van der Waals surface area contributed by atoms with Gasteiger partial charge in [-0.05, 0) is 26.0 Å². The maximum atomic E-state index is 12.1. The molecule has 29 heavy (non-hydrogen) atoms. The van der Waals surface area contributed by atoms with E-state index in [1.54, 1.807) is 13.8 Å². The van der Waals surface area contributed by atoms with Crippen molar-refractivity contribution in [2.45, 2.75) is 50.7 Å². The monoisotopic (exact) mass is 413 g/mol. The highest BCUT2D eigenvalue weighted by Gasteiger charge is 2.45. The van der Waals surface area contributed by atoms with Crippen molar-refractivity contribution in [1.82, 2.24) is 0 Å². The topological polar surface area (TPSA) is 190 Å². The number of ether oxygens (including phenoxy) is 3.